The first kappa shape index (κ1) is 12.5. The van der Waals surface area contributed by atoms with E-state index in [0.717, 1.165) is 0 Å². The lowest BCUT2D eigenvalue weighted by Gasteiger charge is -2.16. The molecule has 1 aromatic rings. The van der Waals surface area contributed by atoms with E-state index in [4.69, 9.17) is 4.74 Å². The Labute approximate surface area is 105 Å². The number of amides is 1. The molecule has 2 heterocycles. The van der Waals surface area contributed by atoms with Crippen LogP contribution in [-0.4, -0.2) is 34.5 Å². The second kappa shape index (κ2) is 5.12. The monoisotopic (exact) mass is 249 g/mol. The van der Waals surface area contributed by atoms with Crippen LogP contribution in [0, 0.1) is 6.92 Å². The minimum Gasteiger partial charge on any atom is -0.464 e. The molecule has 0 bridgehead atoms. The summed E-state index contributed by atoms with van der Waals surface area (Å²) in [5.74, 6) is -0.230. The molecule has 1 aliphatic rings. The van der Waals surface area contributed by atoms with Crippen molar-refractivity contribution in [3.8, 4) is 0 Å². The lowest BCUT2D eigenvalue weighted by Crippen LogP contribution is -2.37. The zero-order chi connectivity index (χ0) is 13.1. The van der Waals surface area contributed by atoms with Gasteiger partial charge >= 0.3 is 5.97 Å². The number of aryl methyl sites for hydroxylation is 1. The number of aromatic nitrogens is 2. The minimum atomic E-state index is -0.647. The van der Waals surface area contributed by atoms with E-state index in [1.807, 2.05) is 0 Å². The van der Waals surface area contributed by atoms with Gasteiger partial charge < -0.3 is 10.1 Å². The molecular weight excluding hydrogens is 234 g/mol. The third-order valence-electron chi connectivity index (χ3n) is 2.84. The Morgan fingerprint density at radius 3 is 3.06 bits per heavy atom. The van der Waals surface area contributed by atoms with Gasteiger partial charge in [-0.15, -0.1) is 0 Å². The second-order valence-electron chi connectivity index (χ2n) is 4.14. The number of nitrogens with zero attached hydrogens (tertiary/aromatic N) is 2. The van der Waals surface area contributed by atoms with Gasteiger partial charge in [-0.1, -0.05) is 0 Å². The number of ether oxygens (including phenoxy) is 1. The highest BCUT2D eigenvalue weighted by atomic mass is 16.5. The van der Waals surface area contributed by atoms with Gasteiger partial charge in [0.2, 0.25) is 5.91 Å². The Hall–Kier alpha value is -1.98. The largest absolute Gasteiger partial charge is 0.464 e. The van der Waals surface area contributed by atoms with Crippen molar-refractivity contribution >= 4 is 11.9 Å². The molecular formula is C12H15N3O3. The van der Waals surface area contributed by atoms with Crippen LogP contribution in [0.1, 0.15) is 30.8 Å². The minimum absolute atomic E-state index is 0.158. The van der Waals surface area contributed by atoms with Gasteiger partial charge in [-0.3, -0.25) is 4.79 Å². The zero-order valence-electron chi connectivity index (χ0n) is 10.3. The highest BCUT2D eigenvalue weighted by molar-refractivity contribution is 5.90. The van der Waals surface area contributed by atoms with Gasteiger partial charge in [0.25, 0.3) is 0 Å². The van der Waals surface area contributed by atoms with Crippen LogP contribution in [0.2, 0.25) is 0 Å². The molecule has 0 radical (unpaired) electrons. The molecule has 1 fully saturated rings. The third-order valence-corrected chi connectivity index (χ3v) is 2.84. The molecule has 0 saturated carbocycles. The molecule has 1 N–H and O–H groups in total. The third kappa shape index (κ3) is 2.47. The van der Waals surface area contributed by atoms with Gasteiger partial charge in [-0.2, -0.15) is 0 Å². The number of rotatable bonds is 3. The fourth-order valence-corrected chi connectivity index (χ4v) is 2.06. The Balaban J connectivity index is 2.24. The van der Waals surface area contributed by atoms with E-state index in [1.54, 1.807) is 26.1 Å². The van der Waals surface area contributed by atoms with Gasteiger partial charge in [-0.05, 0) is 19.9 Å². The van der Waals surface area contributed by atoms with Gasteiger partial charge in [0.1, 0.15) is 11.9 Å². The standard InChI is InChI=1S/C12H15N3O3/c1-3-18-12(17)11-8(6-10(16)15-11)9-4-5-13-7(2)14-9/h4-5,8,11H,3,6H2,1-2H3,(H,15,16). The lowest BCUT2D eigenvalue weighted by atomic mass is 9.96. The maximum absolute atomic E-state index is 11.8. The van der Waals surface area contributed by atoms with Crippen molar-refractivity contribution in [3.63, 3.8) is 0 Å². The summed E-state index contributed by atoms with van der Waals surface area (Å²) in [6.45, 7) is 3.80. The topological polar surface area (TPSA) is 81.2 Å². The molecule has 2 rings (SSSR count). The van der Waals surface area contributed by atoms with Crippen molar-refractivity contribution in [3.05, 3.63) is 23.8 Å². The van der Waals surface area contributed by atoms with Crippen molar-refractivity contribution in [1.29, 1.82) is 0 Å². The van der Waals surface area contributed by atoms with E-state index >= 15 is 0 Å². The Morgan fingerprint density at radius 1 is 1.61 bits per heavy atom. The van der Waals surface area contributed by atoms with E-state index in [-0.39, 0.29) is 18.2 Å². The number of hydrogen-bond donors (Lipinski definition) is 1. The van der Waals surface area contributed by atoms with Crippen molar-refractivity contribution in [2.75, 3.05) is 6.61 Å². The summed E-state index contributed by atoms with van der Waals surface area (Å²) in [4.78, 5) is 31.5. The number of esters is 1. The number of hydrogen-bond acceptors (Lipinski definition) is 5. The van der Waals surface area contributed by atoms with Crippen LogP contribution >= 0.6 is 0 Å². The molecule has 1 aliphatic heterocycles. The SMILES string of the molecule is CCOC(=O)C1NC(=O)CC1c1ccnc(C)n1. The first-order chi connectivity index (χ1) is 8.61. The highest BCUT2D eigenvalue weighted by Crippen LogP contribution is 2.27. The summed E-state index contributed by atoms with van der Waals surface area (Å²) >= 11 is 0. The van der Waals surface area contributed by atoms with Crippen molar-refractivity contribution in [1.82, 2.24) is 15.3 Å². The Morgan fingerprint density at radius 2 is 2.39 bits per heavy atom. The number of carbonyl (C=O) groups excluding carboxylic acids is 2. The van der Waals surface area contributed by atoms with Gasteiger partial charge in [-0.25, -0.2) is 14.8 Å². The predicted octanol–water partition coefficient (Wildman–Crippen LogP) is 0.320. The summed E-state index contributed by atoms with van der Waals surface area (Å²) < 4.78 is 4.96. The summed E-state index contributed by atoms with van der Waals surface area (Å²) in [7, 11) is 0. The maximum Gasteiger partial charge on any atom is 0.329 e. The van der Waals surface area contributed by atoms with E-state index in [2.05, 4.69) is 15.3 Å². The van der Waals surface area contributed by atoms with E-state index in [1.165, 1.54) is 0 Å². The molecule has 18 heavy (non-hydrogen) atoms. The van der Waals surface area contributed by atoms with E-state index < -0.39 is 12.0 Å². The Kier molecular flexibility index (Phi) is 3.55. The van der Waals surface area contributed by atoms with Crippen molar-refractivity contribution < 1.29 is 14.3 Å². The van der Waals surface area contributed by atoms with Crippen LogP contribution in [-0.2, 0) is 14.3 Å². The van der Waals surface area contributed by atoms with Crippen LogP contribution in [0.4, 0.5) is 0 Å². The molecule has 6 nitrogen and oxygen atoms in total. The summed E-state index contributed by atoms with van der Waals surface area (Å²) in [6, 6.07) is 1.08. The Bertz CT molecular complexity index is 475. The van der Waals surface area contributed by atoms with E-state index in [9.17, 15) is 9.59 Å². The second-order valence-corrected chi connectivity index (χ2v) is 4.14. The van der Waals surface area contributed by atoms with Gasteiger partial charge in [0.15, 0.2) is 0 Å². The molecule has 96 valence electrons. The number of carbonyl (C=O) groups is 2. The lowest BCUT2D eigenvalue weighted by molar-refractivity contribution is -0.146. The summed E-state index contributed by atoms with van der Waals surface area (Å²) in [6.07, 6.45) is 1.88. The zero-order valence-corrected chi connectivity index (χ0v) is 10.3. The fraction of sp³-hybridized carbons (Fsp3) is 0.500. The average Bonchev–Trinajstić information content (AvgIpc) is 2.72. The first-order valence-corrected chi connectivity index (χ1v) is 5.87. The number of nitrogens with one attached hydrogen (secondary N) is 1. The fourth-order valence-electron chi connectivity index (χ4n) is 2.06. The molecule has 0 aliphatic carbocycles. The molecule has 6 heteroatoms. The summed E-state index contributed by atoms with van der Waals surface area (Å²) in [5, 5.41) is 2.63. The predicted molar refractivity (Wildman–Crippen MR) is 62.7 cm³/mol. The smallest absolute Gasteiger partial charge is 0.329 e. The molecule has 1 aromatic heterocycles. The molecule has 0 aromatic carbocycles. The molecule has 0 spiro atoms. The first-order valence-electron chi connectivity index (χ1n) is 5.87. The summed E-state index contributed by atoms with van der Waals surface area (Å²) in [5.41, 5.74) is 0.693. The van der Waals surface area contributed by atoms with Crippen LogP contribution in [0.5, 0.6) is 0 Å². The normalized spacial score (nSPS) is 22.7. The highest BCUT2D eigenvalue weighted by Gasteiger charge is 2.40. The van der Waals surface area contributed by atoms with Crippen molar-refractivity contribution in [2.45, 2.75) is 32.2 Å². The van der Waals surface area contributed by atoms with Gasteiger partial charge in [0.05, 0.1) is 12.3 Å². The van der Waals surface area contributed by atoms with Gasteiger partial charge in [0, 0.05) is 18.5 Å². The molecule has 1 saturated heterocycles. The molecule has 2 atom stereocenters. The van der Waals surface area contributed by atoms with Crippen LogP contribution in [0.15, 0.2) is 12.3 Å². The van der Waals surface area contributed by atoms with E-state index in [0.29, 0.717) is 18.1 Å². The van der Waals surface area contributed by atoms with Crippen molar-refractivity contribution in [2.24, 2.45) is 0 Å². The average molecular weight is 249 g/mol. The van der Waals surface area contributed by atoms with Crippen LogP contribution < -0.4 is 5.32 Å². The maximum atomic E-state index is 11.8. The molecule has 1 amide bonds. The quantitative estimate of drug-likeness (QED) is 0.780. The molecule has 2 unspecified atom stereocenters. The van der Waals surface area contributed by atoms with Crippen LogP contribution in [0.25, 0.3) is 0 Å². The van der Waals surface area contributed by atoms with Crippen LogP contribution in [0.3, 0.4) is 0 Å².